The van der Waals surface area contributed by atoms with Crippen molar-refractivity contribution in [2.75, 3.05) is 6.61 Å². The summed E-state index contributed by atoms with van der Waals surface area (Å²) in [5, 5.41) is 3.23. The molecule has 0 saturated carbocycles. The van der Waals surface area contributed by atoms with Crippen LogP contribution in [0, 0.1) is 5.82 Å². The van der Waals surface area contributed by atoms with Crippen molar-refractivity contribution in [3.63, 3.8) is 0 Å². The number of imidazole rings is 1. The van der Waals surface area contributed by atoms with E-state index in [1.54, 1.807) is 6.20 Å². The van der Waals surface area contributed by atoms with E-state index >= 15 is 0 Å². The number of halogens is 4. The first-order chi connectivity index (χ1) is 11.9. The van der Waals surface area contributed by atoms with Crippen LogP contribution in [0.15, 0.2) is 30.6 Å². The number of aryl methyl sites for hydroxylation is 1. The van der Waals surface area contributed by atoms with Crippen molar-refractivity contribution < 1.29 is 22.3 Å². The third kappa shape index (κ3) is 4.01. The van der Waals surface area contributed by atoms with E-state index in [0.29, 0.717) is 12.2 Å². The Hall–Kier alpha value is -1.93. The largest absolute Gasteiger partial charge is 0.419 e. The highest BCUT2D eigenvalue weighted by molar-refractivity contribution is 5.27. The number of ether oxygens (including phenoxy) is 1. The van der Waals surface area contributed by atoms with Crippen LogP contribution < -0.4 is 5.32 Å². The summed E-state index contributed by atoms with van der Waals surface area (Å²) in [7, 11) is 1.87. The van der Waals surface area contributed by atoms with Crippen molar-refractivity contribution in [2.24, 2.45) is 7.05 Å². The van der Waals surface area contributed by atoms with Crippen LogP contribution in [0.2, 0.25) is 0 Å². The predicted octanol–water partition coefficient (Wildman–Crippen LogP) is 3.59. The summed E-state index contributed by atoms with van der Waals surface area (Å²) in [4.78, 5) is 4.30. The zero-order chi connectivity index (χ0) is 18.0. The zero-order valence-corrected chi connectivity index (χ0v) is 13.7. The number of alkyl halides is 3. The number of benzene rings is 1. The third-order valence-electron chi connectivity index (χ3n) is 4.34. The maximum absolute atomic E-state index is 13.4. The average Bonchev–Trinajstić information content (AvgIpc) is 2.99. The normalized spacial score (nSPS) is 21.5. The molecule has 0 radical (unpaired) electrons. The molecule has 0 amide bonds. The lowest BCUT2D eigenvalue weighted by Crippen LogP contribution is -2.40. The molecule has 1 aromatic carbocycles. The van der Waals surface area contributed by atoms with Crippen molar-refractivity contribution in [3.05, 3.63) is 53.4 Å². The smallest absolute Gasteiger partial charge is 0.369 e. The minimum Gasteiger partial charge on any atom is -0.369 e. The van der Waals surface area contributed by atoms with Gasteiger partial charge in [-0.2, -0.15) is 13.2 Å². The van der Waals surface area contributed by atoms with Gasteiger partial charge in [0.15, 0.2) is 0 Å². The van der Waals surface area contributed by atoms with Crippen LogP contribution in [-0.4, -0.2) is 22.2 Å². The lowest BCUT2D eigenvalue weighted by atomic mass is 10.0. The van der Waals surface area contributed by atoms with Crippen LogP contribution in [0.25, 0.3) is 0 Å². The van der Waals surface area contributed by atoms with Gasteiger partial charge < -0.3 is 14.6 Å². The molecular weight excluding hydrogens is 338 g/mol. The Morgan fingerprint density at radius 1 is 1.36 bits per heavy atom. The fourth-order valence-corrected chi connectivity index (χ4v) is 3.04. The summed E-state index contributed by atoms with van der Waals surface area (Å²) in [6.45, 7) is 0.808. The Morgan fingerprint density at radius 3 is 2.84 bits per heavy atom. The second kappa shape index (κ2) is 7.13. The van der Waals surface area contributed by atoms with Crippen LogP contribution in [0.5, 0.6) is 0 Å². The van der Waals surface area contributed by atoms with E-state index in [0.717, 1.165) is 30.8 Å². The standard InChI is InChI=1S/C17H19F4N3O/c1-24-7-6-22-16(24)15-14(3-2-8-25-15)23-10-11-4-5-13(18)12(9-11)17(19,20)21/h4-7,9,14-15,23H,2-3,8,10H2,1H3/t14-,15-/m0/s1. The molecule has 1 saturated heterocycles. The number of rotatable bonds is 4. The molecule has 0 aliphatic carbocycles. The van der Waals surface area contributed by atoms with E-state index in [2.05, 4.69) is 10.3 Å². The predicted molar refractivity (Wildman–Crippen MR) is 83.2 cm³/mol. The lowest BCUT2D eigenvalue weighted by molar-refractivity contribution is -0.140. The highest BCUT2D eigenvalue weighted by Gasteiger charge is 2.34. The quantitative estimate of drug-likeness (QED) is 0.850. The molecule has 0 spiro atoms. The Bertz CT molecular complexity index is 729. The molecule has 25 heavy (non-hydrogen) atoms. The molecular formula is C17H19F4N3O. The minimum absolute atomic E-state index is 0.0748. The number of aromatic nitrogens is 2. The zero-order valence-electron chi connectivity index (χ0n) is 13.7. The molecule has 136 valence electrons. The molecule has 1 aliphatic heterocycles. The lowest BCUT2D eigenvalue weighted by Gasteiger charge is -2.32. The minimum atomic E-state index is -4.70. The molecule has 0 unspecified atom stereocenters. The maximum atomic E-state index is 13.4. The van der Waals surface area contributed by atoms with Gasteiger partial charge in [-0.15, -0.1) is 0 Å². The highest BCUT2D eigenvalue weighted by Crippen LogP contribution is 2.32. The van der Waals surface area contributed by atoms with Gasteiger partial charge in [0.2, 0.25) is 0 Å². The Kier molecular flexibility index (Phi) is 5.10. The molecule has 0 bridgehead atoms. The van der Waals surface area contributed by atoms with Gasteiger partial charge in [-0.05, 0) is 30.5 Å². The molecule has 3 rings (SSSR count). The monoisotopic (exact) mass is 357 g/mol. The average molecular weight is 357 g/mol. The first-order valence-corrected chi connectivity index (χ1v) is 8.04. The van der Waals surface area contributed by atoms with Gasteiger partial charge in [0.05, 0.1) is 5.56 Å². The second-order valence-electron chi connectivity index (χ2n) is 6.13. The van der Waals surface area contributed by atoms with Gasteiger partial charge in [0, 0.05) is 38.6 Å². The summed E-state index contributed by atoms with van der Waals surface area (Å²) in [5.74, 6) is -0.490. The molecule has 2 atom stereocenters. The fraction of sp³-hybridized carbons (Fsp3) is 0.471. The van der Waals surface area contributed by atoms with Gasteiger partial charge in [0.1, 0.15) is 17.7 Å². The van der Waals surface area contributed by atoms with Crippen LogP contribution in [-0.2, 0) is 24.5 Å². The van der Waals surface area contributed by atoms with Crippen molar-refractivity contribution in [3.8, 4) is 0 Å². The van der Waals surface area contributed by atoms with Crippen LogP contribution in [0.1, 0.15) is 35.9 Å². The summed E-state index contributed by atoms with van der Waals surface area (Å²) < 4.78 is 59.5. The summed E-state index contributed by atoms with van der Waals surface area (Å²) in [5.41, 5.74) is -0.870. The third-order valence-corrected chi connectivity index (χ3v) is 4.34. The molecule has 2 heterocycles. The van der Waals surface area contributed by atoms with Gasteiger partial charge in [-0.3, -0.25) is 0 Å². The summed E-state index contributed by atoms with van der Waals surface area (Å²) >= 11 is 0. The molecule has 4 nitrogen and oxygen atoms in total. The van der Waals surface area contributed by atoms with Crippen molar-refractivity contribution in [2.45, 2.75) is 37.7 Å². The van der Waals surface area contributed by atoms with Crippen molar-refractivity contribution in [1.82, 2.24) is 14.9 Å². The highest BCUT2D eigenvalue weighted by atomic mass is 19.4. The maximum Gasteiger partial charge on any atom is 0.419 e. The number of hydrogen-bond acceptors (Lipinski definition) is 3. The molecule has 1 fully saturated rings. The molecule has 1 aromatic heterocycles. The summed E-state index contributed by atoms with van der Waals surface area (Å²) in [6.07, 6.45) is 0.209. The van der Waals surface area contributed by atoms with Crippen LogP contribution in [0.3, 0.4) is 0 Å². The second-order valence-corrected chi connectivity index (χ2v) is 6.13. The van der Waals surface area contributed by atoms with E-state index in [1.807, 2.05) is 17.8 Å². The fourth-order valence-electron chi connectivity index (χ4n) is 3.04. The van der Waals surface area contributed by atoms with Crippen LogP contribution in [0.4, 0.5) is 17.6 Å². The van der Waals surface area contributed by atoms with E-state index in [1.165, 1.54) is 6.07 Å². The van der Waals surface area contributed by atoms with Crippen LogP contribution >= 0.6 is 0 Å². The van der Waals surface area contributed by atoms with Gasteiger partial charge in [-0.1, -0.05) is 6.07 Å². The number of nitrogens with zero attached hydrogens (tertiary/aromatic N) is 2. The number of nitrogens with one attached hydrogen (secondary N) is 1. The van der Waals surface area contributed by atoms with E-state index in [4.69, 9.17) is 4.74 Å². The molecule has 2 aromatic rings. The Morgan fingerprint density at radius 2 is 2.16 bits per heavy atom. The molecule has 8 heteroatoms. The van der Waals surface area contributed by atoms with Crippen molar-refractivity contribution in [1.29, 1.82) is 0 Å². The van der Waals surface area contributed by atoms with E-state index < -0.39 is 17.6 Å². The topological polar surface area (TPSA) is 39.1 Å². The Balaban J connectivity index is 1.73. The SMILES string of the molecule is Cn1ccnc1[C@H]1OCCC[C@@H]1NCc1ccc(F)c(C(F)(F)F)c1. The van der Waals surface area contributed by atoms with Gasteiger partial charge >= 0.3 is 6.18 Å². The first-order valence-electron chi connectivity index (χ1n) is 8.04. The molecule has 1 N–H and O–H groups in total. The van der Waals surface area contributed by atoms with E-state index in [9.17, 15) is 17.6 Å². The first kappa shape index (κ1) is 17.9. The Labute approximate surface area is 142 Å². The number of hydrogen-bond donors (Lipinski definition) is 1. The van der Waals surface area contributed by atoms with Gasteiger partial charge in [0.25, 0.3) is 0 Å². The van der Waals surface area contributed by atoms with Crippen molar-refractivity contribution >= 4 is 0 Å². The van der Waals surface area contributed by atoms with E-state index in [-0.39, 0.29) is 18.7 Å². The summed E-state index contributed by atoms with van der Waals surface area (Å²) in [6, 6.07) is 2.99. The molecule has 1 aliphatic rings. The van der Waals surface area contributed by atoms with Gasteiger partial charge in [-0.25, -0.2) is 9.37 Å².